The average molecular weight is 500 g/mol. The molecule has 1 aliphatic rings. The highest BCUT2D eigenvalue weighted by molar-refractivity contribution is 5.94. The Kier molecular flexibility index (Phi) is 10.9. The predicted molar refractivity (Wildman–Crippen MR) is 136 cm³/mol. The number of aliphatic hydroxyl groups is 1. The number of esters is 1. The van der Waals surface area contributed by atoms with E-state index in [4.69, 9.17) is 9.15 Å². The molecule has 4 atom stereocenters. The van der Waals surface area contributed by atoms with Gasteiger partial charge in [-0.25, -0.2) is 9.78 Å². The lowest BCUT2D eigenvalue weighted by Gasteiger charge is -2.27. The van der Waals surface area contributed by atoms with Gasteiger partial charge in [0.1, 0.15) is 18.4 Å². The lowest BCUT2D eigenvalue weighted by atomic mass is 9.94. The molecule has 36 heavy (non-hydrogen) atoms. The summed E-state index contributed by atoms with van der Waals surface area (Å²) < 4.78 is 11.1. The predicted octanol–water partition coefficient (Wildman–Crippen LogP) is 3.04. The first-order valence-corrected chi connectivity index (χ1v) is 12.1. The third-order valence-corrected chi connectivity index (χ3v) is 5.59. The van der Waals surface area contributed by atoms with E-state index in [-0.39, 0.29) is 42.2 Å². The van der Waals surface area contributed by atoms with Gasteiger partial charge in [0.25, 0.3) is 5.91 Å². The smallest absolute Gasteiger partial charge is 0.328 e. The molecule has 0 fully saturated rings. The van der Waals surface area contributed by atoms with Crippen molar-refractivity contribution in [1.29, 1.82) is 0 Å². The third kappa shape index (κ3) is 9.30. The SMILES string of the molecule is C=C1Cc2nc(co2)C(=O)NC(C)C(=O)OC(C(C)C)C(C)/C=C/C(=O)NC/C=C/C(C)=C/C(O)C1. The van der Waals surface area contributed by atoms with E-state index in [9.17, 15) is 19.5 Å². The average Bonchev–Trinajstić information content (AvgIpc) is 3.25. The number of oxazole rings is 1. The first kappa shape index (κ1) is 28.8. The number of nitrogens with one attached hydrogen (secondary N) is 2. The van der Waals surface area contributed by atoms with Crippen molar-refractivity contribution in [1.82, 2.24) is 15.6 Å². The van der Waals surface area contributed by atoms with Crippen LogP contribution in [0.5, 0.6) is 0 Å². The Morgan fingerprint density at radius 2 is 1.92 bits per heavy atom. The fourth-order valence-corrected chi connectivity index (χ4v) is 3.72. The fourth-order valence-electron chi connectivity index (χ4n) is 3.72. The molecule has 1 aromatic heterocycles. The first-order valence-electron chi connectivity index (χ1n) is 12.1. The second-order valence-electron chi connectivity index (χ2n) is 9.44. The lowest BCUT2D eigenvalue weighted by Crippen LogP contribution is -2.42. The Morgan fingerprint density at radius 1 is 1.19 bits per heavy atom. The largest absolute Gasteiger partial charge is 0.460 e. The monoisotopic (exact) mass is 499 g/mol. The number of ether oxygens (including phenoxy) is 1. The van der Waals surface area contributed by atoms with Crippen LogP contribution in [0.1, 0.15) is 57.4 Å². The molecule has 0 aromatic carbocycles. The molecule has 3 N–H and O–H groups in total. The van der Waals surface area contributed by atoms with E-state index in [0.29, 0.717) is 12.1 Å². The summed E-state index contributed by atoms with van der Waals surface area (Å²) in [6.07, 6.45) is 8.90. The van der Waals surface area contributed by atoms with E-state index < -0.39 is 30.1 Å². The van der Waals surface area contributed by atoms with E-state index in [0.717, 1.165) is 5.57 Å². The first-order chi connectivity index (χ1) is 17.0. The number of carbonyl (C=O) groups excluding carboxylic acids is 3. The van der Waals surface area contributed by atoms with Crippen molar-refractivity contribution in [3.8, 4) is 0 Å². The Bertz CT molecular complexity index is 1040. The normalized spacial score (nSPS) is 28.9. The van der Waals surface area contributed by atoms with Crippen molar-refractivity contribution in [2.75, 3.05) is 6.54 Å². The zero-order valence-electron chi connectivity index (χ0n) is 21.6. The number of cyclic esters (lactones) is 1. The quantitative estimate of drug-likeness (QED) is 0.400. The number of rotatable bonds is 1. The molecule has 9 heteroatoms. The van der Waals surface area contributed by atoms with Gasteiger partial charge in [0.05, 0.1) is 6.10 Å². The molecule has 0 aliphatic carbocycles. The van der Waals surface area contributed by atoms with Gasteiger partial charge in [-0.2, -0.15) is 0 Å². The zero-order valence-corrected chi connectivity index (χ0v) is 21.6. The molecule has 0 spiro atoms. The number of fused-ring (bicyclic) bond motifs is 2. The van der Waals surface area contributed by atoms with Crippen molar-refractivity contribution in [2.45, 2.75) is 65.7 Å². The summed E-state index contributed by atoms with van der Waals surface area (Å²) in [5.41, 5.74) is 1.53. The van der Waals surface area contributed by atoms with Crippen LogP contribution in [0.15, 0.2) is 58.8 Å². The molecular formula is C27H37N3O6. The molecule has 0 saturated heterocycles. The van der Waals surface area contributed by atoms with E-state index in [1.807, 2.05) is 33.8 Å². The molecule has 4 unspecified atom stereocenters. The zero-order chi connectivity index (χ0) is 26.8. The van der Waals surface area contributed by atoms with Crippen LogP contribution in [0.2, 0.25) is 0 Å². The highest BCUT2D eigenvalue weighted by atomic mass is 16.5. The van der Waals surface area contributed by atoms with Gasteiger partial charge < -0.3 is 24.9 Å². The molecule has 1 aliphatic heterocycles. The van der Waals surface area contributed by atoms with Gasteiger partial charge in [-0.3, -0.25) is 9.59 Å². The minimum absolute atomic E-state index is 0.0201. The highest BCUT2D eigenvalue weighted by Crippen LogP contribution is 2.19. The lowest BCUT2D eigenvalue weighted by molar-refractivity contribution is -0.155. The van der Waals surface area contributed by atoms with Gasteiger partial charge in [0.15, 0.2) is 11.6 Å². The Hall–Kier alpha value is -3.46. The van der Waals surface area contributed by atoms with Crippen molar-refractivity contribution < 1.29 is 28.6 Å². The maximum atomic E-state index is 12.7. The van der Waals surface area contributed by atoms with E-state index >= 15 is 0 Å². The van der Waals surface area contributed by atoms with Crippen LogP contribution < -0.4 is 10.6 Å². The number of carbonyl (C=O) groups is 3. The summed E-state index contributed by atoms with van der Waals surface area (Å²) in [6.45, 7) is 13.3. The van der Waals surface area contributed by atoms with Crippen molar-refractivity contribution in [2.24, 2.45) is 11.8 Å². The Morgan fingerprint density at radius 3 is 2.61 bits per heavy atom. The van der Waals surface area contributed by atoms with Crippen LogP contribution in [0.4, 0.5) is 0 Å². The van der Waals surface area contributed by atoms with Crippen molar-refractivity contribution in [3.05, 3.63) is 66.0 Å². The summed E-state index contributed by atoms with van der Waals surface area (Å²) in [5, 5.41) is 15.7. The van der Waals surface area contributed by atoms with E-state index in [1.54, 1.807) is 18.2 Å². The van der Waals surface area contributed by atoms with Gasteiger partial charge in [-0.05, 0) is 32.3 Å². The number of allylic oxidation sites excluding steroid dienone is 2. The van der Waals surface area contributed by atoms with Crippen molar-refractivity contribution in [3.63, 3.8) is 0 Å². The van der Waals surface area contributed by atoms with Gasteiger partial charge in [-0.1, -0.05) is 62.8 Å². The molecule has 2 rings (SSSR count). The minimum atomic E-state index is -0.924. The van der Waals surface area contributed by atoms with Crippen LogP contribution in [0.3, 0.4) is 0 Å². The number of hydrogen-bond acceptors (Lipinski definition) is 7. The number of aliphatic hydroxyl groups excluding tert-OH is 1. The summed E-state index contributed by atoms with van der Waals surface area (Å²) in [5.74, 6) is -1.42. The molecule has 2 heterocycles. The summed E-state index contributed by atoms with van der Waals surface area (Å²) in [7, 11) is 0. The Balaban J connectivity index is 2.25. The standard InChI is InChI=1S/C27H37N3O6/c1-16(2)25-19(5)9-10-23(32)28-11-7-8-17(3)12-21(31)13-18(4)14-24-30-22(15-35-24)26(33)29-20(6)27(34)36-25/h7-10,12,15-16,19-21,25,31H,4,11,13-14H2,1-3,5-6H3,(H,28,32)(H,29,33)/b8-7+,10-9+,17-12+. The van der Waals surface area contributed by atoms with E-state index in [2.05, 4.69) is 22.2 Å². The molecular weight excluding hydrogens is 462 g/mol. The molecule has 2 bridgehead atoms. The summed E-state index contributed by atoms with van der Waals surface area (Å²) in [4.78, 5) is 41.7. The maximum absolute atomic E-state index is 12.7. The minimum Gasteiger partial charge on any atom is -0.460 e. The fraction of sp³-hybridized carbons (Fsp3) is 0.481. The van der Waals surface area contributed by atoms with Crippen LogP contribution >= 0.6 is 0 Å². The number of nitrogens with zero attached hydrogens (tertiary/aromatic N) is 1. The molecule has 9 nitrogen and oxygen atoms in total. The number of amides is 2. The molecule has 196 valence electrons. The van der Waals surface area contributed by atoms with Gasteiger partial charge in [-0.15, -0.1) is 0 Å². The topological polar surface area (TPSA) is 131 Å². The number of aromatic nitrogens is 1. The third-order valence-electron chi connectivity index (χ3n) is 5.59. The highest BCUT2D eigenvalue weighted by Gasteiger charge is 2.27. The second-order valence-corrected chi connectivity index (χ2v) is 9.44. The van der Waals surface area contributed by atoms with E-state index in [1.165, 1.54) is 19.3 Å². The van der Waals surface area contributed by atoms with Crippen LogP contribution in [-0.2, 0) is 20.7 Å². The van der Waals surface area contributed by atoms with Crippen LogP contribution in [-0.4, -0.2) is 52.7 Å². The molecule has 2 amide bonds. The summed E-state index contributed by atoms with van der Waals surface area (Å²) >= 11 is 0. The molecule has 0 radical (unpaired) electrons. The summed E-state index contributed by atoms with van der Waals surface area (Å²) in [6, 6.07) is -0.924. The van der Waals surface area contributed by atoms with Gasteiger partial charge in [0, 0.05) is 18.9 Å². The molecule has 1 aromatic rings. The second kappa shape index (κ2) is 13.6. The van der Waals surface area contributed by atoms with Crippen molar-refractivity contribution >= 4 is 17.8 Å². The number of hydrogen-bond donors (Lipinski definition) is 3. The maximum Gasteiger partial charge on any atom is 0.328 e. The van der Waals surface area contributed by atoms with Gasteiger partial charge in [0.2, 0.25) is 5.91 Å². The van der Waals surface area contributed by atoms with Crippen LogP contribution in [0.25, 0.3) is 0 Å². The molecule has 0 saturated carbocycles. The van der Waals surface area contributed by atoms with Gasteiger partial charge >= 0.3 is 5.97 Å². The van der Waals surface area contributed by atoms with Crippen LogP contribution in [0, 0.1) is 11.8 Å². The Labute approximate surface area is 212 Å².